The summed E-state index contributed by atoms with van der Waals surface area (Å²) in [4.78, 5) is 2.51. The average molecular weight is 327 g/mol. The normalized spacial score (nSPS) is 20.0. The van der Waals surface area contributed by atoms with Crippen molar-refractivity contribution in [3.8, 4) is 5.75 Å². The Morgan fingerprint density at radius 1 is 1.42 bits per heavy atom. The smallest absolute Gasteiger partial charge is 0.143 e. The van der Waals surface area contributed by atoms with Gasteiger partial charge in [-0.1, -0.05) is 15.9 Å². The molecule has 1 N–H and O–H groups in total. The van der Waals surface area contributed by atoms with E-state index in [2.05, 4.69) is 53.0 Å². The van der Waals surface area contributed by atoms with E-state index < -0.39 is 0 Å². The number of anilines is 1. The number of hydrogen-bond acceptors (Lipinski definition) is 3. The van der Waals surface area contributed by atoms with Gasteiger partial charge in [-0.25, -0.2) is 0 Å². The van der Waals surface area contributed by atoms with Crippen molar-refractivity contribution in [3.05, 3.63) is 22.2 Å². The summed E-state index contributed by atoms with van der Waals surface area (Å²) in [6.45, 7) is 8.91. The number of likely N-dealkylation sites (tertiary alicyclic amines) is 1. The predicted molar refractivity (Wildman–Crippen MR) is 84.2 cm³/mol. The lowest BCUT2D eigenvalue weighted by Crippen LogP contribution is -2.31. The molecule has 1 aliphatic heterocycles. The van der Waals surface area contributed by atoms with Crippen LogP contribution in [0.1, 0.15) is 25.8 Å². The molecule has 1 aliphatic rings. The van der Waals surface area contributed by atoms with Crippen molar-refractivity contribution in [2.45, 2.75) is 39.3 Å². The molecule has 0 amide bonds. The minimum absolute atomic E-state index is 0.510. The van der Waals surface area contributed by atoms with Crippen LogP contribution in [0.3, 0.4) is 0 Å². The Balaban J connectivity index is 2.12. The fourth-order valence-corrected chi connectivity index (χ4v) is 3.19. The highest BCUT2D eigenvalue weighted by Gasteiger charge is 2.25. The van der Waals surface area contributed by atoms with E-state index in [4.69, 9.17) is 4.74 Å². The Morgan fingerprint density at radius 3 is 2.74 bits per heavy atom. The molecule has 0 aliphatic carbocycles. The van der Waals surface area contributed by atoms with Crippen LogP contribution in [0.15, 0.2) is 16.6 Å². The van der Waals surface area contributed by atoms with Crippen LogP contribution in [-0.2, 0) is 0 Å². The fourth-order valence-electron chi connectivity index (χ4n) is 2.64. The molecule has 3 nitrogen and oxygen atoms in total. The maximum absolute atomic E-state index is 5.49. The first-order valence-electron chi connectivity index (χ1n) is 6.86. The summed E-state index contributed by atoms with van der Waals surface area (Å²) in [7, 11) is 1.72. The van der Waals surface area contributed by atoms with Crippen molar-refractivity contribution in [3.63, 3.8) is 0 Å². The Kier molecular flexibility index (Phi) is 4.74. The number of nitrogens with one attached hydrogen (secondary N) is 1. The van der Waals surface area contributed by atoms with Crippen molar-refractivity contribution in [2.24, 2.45) is 0 Å². The highest BCUT2D eigenvalue weighted by Crippen LogP contribution is 2.33. The Morgan fingerprint density at radius 2 is 2.16 bits per heavy atom. The third kappa shape index (κ3) is 3.42. The molecule has 4 heteroatoms. The van der Waals surface area contributed by atoms with Crippen LogP contribution in [0.25, 0.3) is 0 Å². The minimum atomic E-state index is 0.510. The van der Waals surface area contributed by atoms with Crippen molar-refractivity contribution in [1.82, 2.24) is 4.90 Å². The van der Waals surface area contributed by atoms with Gasteiger partial charge in [0, 0.05) is 29.6 Å². The van der Waals surface area contributed by atoms with E-state index in [-0.39, 0.29) is 0 Å². The van der Waals surface area contributed by atoms with Gasteiger partial charge in [0.15, 0.2) is 0 Å². The summed E-state index contributed by atoms with van der Waals surface area (Å²) in [5.41, 5.74) is 2.34. The van der Waals surface area contributed by atoms with E-state index in [9.17, 15) is 0 Å². The Bertz CT molecular complexity index is 448. The molecule has 1 heterocycles. The van der Waals surface area contributed by atoms with Crippen LogP contribution >= 0.6 is 15.9 Å². The number of methoxy groups -OCH3 is 1. The summed E-state index contributed by atoms with van der Waals surface area (Å²) >= 11 is 3.51. The fraction of sp³-hybridized carbons (Fsp3) is 0.600. The Labute approximate surface area is 124 Å². The maximum Gasteiger partial charge on any atom is 0.143 e. The quantitative estimate of drug-likeness (QED) is 0.913. The minimum Gasteiger partial charge on any atom is -0.495 e. The zero-order chi connectivity index (χ0) is 14.0. The first-order valence-corrected chi connectivity index (χ1v) is 7.65. The summed E-state index contributed by atoms with van der Waals surface area (Å²) in [5.74, 6) is 0.912. The van der Waals surface area contributed by atoms with E-state index in [1.165, 1.54) is 18.5 Å². The number of aryl methyl sites for hydroxylation is 1. The number of nitrogens with zero attached hydrogens (tertiary/aromatic N) is 1. The summed E-state index contributed by atoms with van der Waals surface area (Å²) in [5, 5.41) is 3.65. The van der Waals surface area contributed by atoms with Crippen molar-refractivity contribution in [2.75, 3.05) is 25.5 Å². The van der Waals surface area contributed by atoms with E-state index >= 15 is 0 Å². The SMILES string of the molecule is COc1cc(Br)cc(C)c1NC1CCN(C(C)C)C1. The molecule has 0 saturated carbocycles. The highest BCUT2D eigenvalue weighted by atomic mass is 79.9. The topological polar surface area (TPSA) is 24.5 Å². The monoisotopic (exact) mass is 326 g/mol. The van der Waals surface area contributed by atoms with Crippen molar-refractivity contribution < 1.29 is 4.74 Å². The van der Waals surface area contributed by atoms with Gasteiger partial charge in [-0.2, -0.15) is 0 Å². The zero-order valence-electron chi connectivity index (χ0n) is 12.2. The number of halogens is 1. The average Bonchev–Trinajstić information content (AvgIpc) is 2.81. The molecule has 1 saturated heterocycles. The summed E-state index contributed by atoms with van der Waals surface area (Å²) < 4.78 is 6.54. The van der Waals surface area contributed by atoms with Crippen molar-refractivity contribution in [1.29, 1.82) is 0 Å². The van der Waals surface area contributed by atoms with Gasteiger partial charge < -0.3 is 10.1 Å². The molecule has 0 spiro atoms. The van der Waals surface area contributed by atoms with E-state index in [0.717, 1.165) is 22.5 Å². The highest BCUT2D eigenvalue weighted by molar-refractivity contribution is 9.10. The number of rotatable bonds is 4. The van der Waals surface area contributed by atoms with E-state index in [0.29, 0.717) is 12.1 Å². The van der Waals surface area contributed by atoms with Crippen molar-refractivity contribution >= 4 is 21.6 Å². The van der Waals surface area contributed by atoms with Gasteiger partial charge in [0.2, 0.25) is 0 Å². The molecule has 19 heavy (non-hydrogen) atoms. The largest absolute Gasteiger partial charge is 0.495 e. The van der Waals surface area contributed by atoms with Gasteiger partial charge in [-0.3, -0.25) is 4.90 Å². The lowest BCUT2D eigenvalue weighted by molar-refractivity contribution is 0.274. The Hall–Kier alpha value is -0.740. The van der Waals surface area contributed by atoms with Crippen LogP contribution in [0.4, 0.5) is 5.69 Å². The molecule has 2 rings (SSSR count). The predicted octanol–water partition coefficient (Wildman–Crippen LogP) is 3.66. The summed E-state index contributed by atoms with van der Waals surface area (Å²) in [6, 6.07) is 5.28. The van der Waals surface area contributed by atoms with Gasteiger partial charge in [-0.05, 0) is 44.9 Å². The number of ether oxygens (including phenoxy) is 1. The van der Waals surface area contributed by atoms with Crippen LogP contribution < -0.4 is 10.1 Å². The maximum atomic E-state index is 5.49. The number of hydrogen-bond donors (Lipinski definition) is 1. The number of benzene rings is 1. The van der Waals surface area contributed by atoms with E-state index in [1.807, 2.05) is 6.07 Å². The molecule has 1 fully saturated rings. The zero-order valence-corrected chi connectivity index (χ0v) is 13.8. The summed E-state index contributed by atoms with van der Waals surface area (Å²) in [6.07, 6.45) is 1.19. The molecule has 1 unspecified atom stereocenters. The first-order chi connectivity index (χ1) is 9.01. The second-order valence-corrected chi connectivity index (χ2v) is 6.43. The molecule has 0 radical (unpaired) electrons. The second-order valence-electron chi connectivity index (χ2n) is 5.52. The van der Waals surface area contributed by atoms with Crippen LogP contribution in [0, 0.1) is 6.92 Å². The third-order valence-corrected chi connectivity index (χ3v) is 4.24. The second kappa shape index (κ2) is 6.14. The lowest BCUT2D eigenvalue weighted by Gasteiger charge is -2.22. The van der Waals surface area contributed by atoms with Gasteiger partial charge in [-0.15, -0.1) is 0 Å². The molecule has 0 aromatic heterocycles. The lowest BCUT2D eigenvalue weighted by atomic mass is 10.1. The van der Waals surface area contributed by atoms with Crippen LogP contribution in [0.2, 0.25) is 0 Å². The first kappa shape index (κ1) is 14.7. The molecular formula is C15H23BrN2O. The van der Waals surface area contributed by atoms with Gasteiger partial charge in [0.25, 0.3) is 0 Å². The van der Waals surface area contributed by atoms with Crippen LogP contribution in [-0.4, -0.2) is 37.2 Å². The van der Waals surface area contributed by atoms with Crippen LogP contribution in [0.5, 0.6) is 5.75 Å². The standard InChI is InChI=1S/C15H23BrN2O/c1-10(2)18-6-5-13(9-18)17-15-11(3)7-12(16)8-14(15)19-4/h7-8,10,13,17H,5-6,9H2,1-4H3. The molecule has 1 atom stereocenters. The van der Waals surface area contributed by atoms with Gasteiger partial charge in [0.05, 0.1) is 12.8 Å². The van der Waals surface area contributed by atoms with E-state index in [1.54, 1.807) is 7.11 Å². The van der Waals surface area contributed by atoms with Gasteiger partial charge >= 0.3 is 0 Å². The molecular weight excluding hydrogens is 304 g/mol. The van der Waals surface area contributed by atoms with Gasteiger partial charge in [0.1, 0.15) is 5.75 Å². The molecule has 106 valence electrons. The third-order valence-electron chi connectivity index (χ3n) is 3.78. The molecule has 1 aromatic carbocycles. The molecule has 1 aromatic rings. The molecule has 0 bridgehead atoms.